The fourth-order valence-electron chi connectivity index (χ4n) is 3.07. The van der Waals surface area contributed by atoms with Crippen molar-refractivity contribution in [2.45, 2.75) is 38.5 Å². The topological polar surface area (TPSA) is 85.1 Å². The Bertz CT molecular complexity index is 794. The molecule has 2 aromatic rings. The Morgan fingerprint density at radius 3 is 2.96 bits per heavy atom. The van der Waals surface area contributed by atoms with Crippen molar-refractivity contribution in [3.8, 4) is 0 Å². The van der Waals surface area contributed by atoms with Crippen LogP contribution in [-0.2, 0) is 19.6 Å². The molecule has 0 radical (unpaired) electrons. The van der Waals surface area contributed by atoms with Gasteiger partial charge in [-0.3, -0.25) is 4.79 Å². The number of hydrogen-bond donors (Lipinski definition) is 1. The van der Waals surface area contributed by atoms with Crippen molar-refractivity contribution in [1.82, 2.24) is 29.5 Å². The van der Waals surface area contributed by atoms with Gasteiger partial charge in [-0.2, -0.15) is 5.10 Å². The smallest absolute Gasteiger partial charge is 0.318 e. The lowest BCUT2D eigenvalue weighted by atomic mass is 10.1. The van der Waals surface area contributed by atoms with Gasteiger partial charge in [0.05, 0.1) is 13.1 Å². The molecule has 2 amide bonds. The van der Waals surface area contributed by atoms with Crippen LogP contribution in [-0.4, -0.2) is 42.8 Å². The highest BCUT2D eigenvalue weighted by Gasteiger charge is 2.30. The van der Waals surface area contributed by atoms with E-state index >= 15 is 0 Å². The lowest BCUT2D eigenvalue weighted by Gasteiger charge is -2.24. The van der Waals surface area contributed by atoms with Crippen LogP contribution in [0.2, 0.25) is 0 Å². The Kier molecular flexibility index (Phi) is 3.79. The first-order valence-electron chi connectivity index (χ1n) is 8.26. The first kappa shape index (κ1) is 14.9. The number of nitrogens with one attached hydrogen (secondary N) is 1. The molecule has 1 aliphatic carbocycles. The third-order valence-electron chi connectivity index (χ3n) is 4.48. The van der Waals surface area contributed by atoms with Gasteiger partial charge in [0.15, 0.2) is 0 Å². The van der Waals surface area contributed by atoms with Crippen LogP contribution in [0.15, 0.2) is 35.5 Å². The fraction of sp³-hybridized carbons (Fsp3) is 0.500. The molecule has 0 saturated heterocycles. The number of urea groups is 1. The van der Waals surface area contributed by atoms with E-state index in [9.17, 15) is 9.59 Å². The molecule has 4 rings (SSSR count). The highest BCUT2D eigenvalue weighted by atomic mass is 16.2. The number of nitrogens with zero attached hydrogens (tertiary/aromatic N) is 5. The van der Waals surface area contributed by atoms with Crippen molar-refractivity contribution < 1.29 is 4.79 Å². The Balaban J connectivity index is 1.55. The summed E-state index contributed by atoms with van der Waals surface area (Å²) in [6, 6.07) is 3.41. The van der Waals surface area contributed by atoms with Crippen LogP contribution in [0.1, 0.15) is 18.7 Å². The van der Waals surface area contributed by atoms with Crippen molar-refractivity contribution in [3.05, 3.63) is 46.9 Å². The van der Waals surface area contributed by atoms with E-state index in [0.717, 1.165) is 18.7 Å². The molecule has 0 spiro atoms. The Morgan fingerprint density at radius 2 is 2.17 bits per heavy atom. The maximum absolute atomic E-state index is 12.5. The number of carbonyl (C=O) groups excluding carboxylic acids is 1. The summed E-state index contributed by atoms with van der Waals surface area (Å²) in [5.41, 5.74) is -0.124. The van der Waals surface area contributed by atoms with Gasteiger partial charge in [-0.1, -0.05) is 0 Å². The number of rotatable bonds is 3. The van der Waals surface area contributed by atoms with Crippen LogP contribution in [0.4, 0.5) is 4.79 Å². The molecule has 1 fully saturated rings. The molecule has 8 nitrogen and oxygen atoms in total. The molecule has 1 N–H and O–H groups in total. The minimum Gasteiger partial charge on any atom is -0.335 e. The molecule has 8 heteroatoms. The van der Waals surface area contributed by atoms with Crippen molar-refractivity contribution in [3.63, 3.8) is 0 Å². The first-order chi connectivity index (χ1) is 11.7. The summed E-state index contributed by atoms with van der Waals surface area (Å²) < 4.78 is 3.52. The Hall–Kier alpha value is -2.64. The molecule has 0 aromatic carbocycles. The van der Waals surface area contributed by atoms with Gasteiger partial charge < -0.3 is 14.8 Å². The monoisotopic (exact) mass is 328 g/mol. The maximum Gasteiger partial charge on any atom is 0.318 e. The number of imidazole rings is 1. The Labute approximate surface area is 139 Å². The van der Waals surface area contributed by atoms with Gasteiger partial charge in [0.2, 0.25) is 0 Å². The maximum atomic E-state index is 12.5. The summed E-state index contributed by atoms with van der Waals surface area (Å²) in [5, 5.41) is 7.17. The zero-order chi connectivity index (χ0) is 16.5. The molecule has 1 unspecified atom stereocenters. The molecule has 2 aromatic heterocycles. The number of fused-ring (bicyclic) bond motifs is 1. The van der Waals surface area contributed by atoms with Gasteiger partial charge in [0.25, 0.3) is 5.56 Å². The van der Waals surface area contributed by atoms with Crippen molar-refractivity contribution >= 4 is 6.03 Å². The van der Waals surface area contributed by atoms with Crippen LogP contribution >= 0.6 is 0 Å². The SMILES string of the molecule is O=C(NC1CC1)N1Cc2nccn2CC(Cn2ncccc2=O)C1. The van der Waals surface area contributed by atoms with Gasteiger partial charge in [0.1, 0.15) is 5.82 Å². The van der Waals surface area contributed by atoms with E-state index in [1.807, 2.05) is 6.20 Å². The quantitative estimate of drug-likeness (QED) is 0.886. The fourth-order valence-corrected chi connectivity index (χ4v) is 3.07. The standard InChI is InChI=1S/C16H20N6O2/c23-15-2-1-5-18-22(15)10-12-8-20-7-6-17-14(20)11-21(9-12)16(24)19-13-3-4-13/h1-2,5-7,12-13H,3-4,8-11H2,(H,19,24). The number of aromatic nitrogens is 4. The van der Waals surface area contributed by atoms with E-state index in [1.54, 1.807) is 23.4 Å². The second-order valence-electron chi connectivity index (χ2n) is 6.51. The van der Waals surface area contributed by atoms with Gasteiger partial charge >= 0.3 is 6.03 Å². The van der Waals surface area contributed by atoms with Crippen molar-refractivity contribution in [1.29, 1.82) is 0 Å². The third-order valence-corrected chi connectivity index (χ3v) is 4.48. The van der Waals surface area contributed by atoms with E-state index in [1.165, 1.54) is 10.7 Å². The van der Waals surface area contributed by atoms with E-state index in [0.29, 0.717) is 32.2 Å². The average Bonchev–Trinajstić information content (AvgIpc) is 3.31. The molecule has 1 atom stereocenters. The summed E-state index contributed by atoms with van der Waals surface area (Å²) in [5.74, 6) is 0.967. The lowest BCUT2D eigenvalue weighted by Crippen LogP contribution is -2.43. The van der Waals surface area contributed by atoms with Crippen LogP contribution in [0, 0.1) is 5.92 Å². The third kappa shape index (κ3) is 3.17. The zero-order valence-corrected chi connectivity index (χ0v) is 13.3. The molecule has 2 aliphatic rings. The molecular formula is C16H20N6O2. The lowest BCUT2D eigenvalue weighted by molar-refractivity contribution is 0.181. The van der Waals surface area contributed by atoms with E-state index < -0.39 is 0 Å². The molecular weight excluding hydrogens is 308 g/mol. The normalized spacial score (nSPS) is 20.3. The summed E-state index contributed by atoms with van der Waals surface area (Å²) in [4.78, 5) is 30.6. The van der Waals surface area contributed by atoms with Crippen LogP contribution in [0.25, 0.3) is 0 Å². The minimum atomic E-state index is -0.124. The molecule has 0 bridgehead atoms. The second-order valence-corrected chi connectivity index (χ2v) is 6.51. The summed E-state index contributed by atoms with van der Waals surface area (Å²) >= 11 is 0. The summed E-state index contributed by atoms with van der Waals surface area (Å²) in [6.45, 7) is 2.25. The average molecular weight is 328 g/mol. The number of amides is 2. The highest BCUT2D eigenvalue weighted by molar-refractivity contribution is 5.74. The summed E-state index contributed by atoms with van der Waals surface area (Å²) in [6.07, 6.45) is 7.40. The van der Waals surface area contributed by atoms with E-state index in [2.05, 4.69) is 20.0 Å². The number of carbonyl (C=O) groups is 1. The van der Waals surface area contributed by atoms with E-state index in [4.69, 9.17) is 0 Å². The first-order valence-corrected chi connectivity index (χ1v) is 8.26. The van der Waals surface area contributed by atoms with E-state index in [-0.39, 0.29) is 17.5 Å². The van der Waals surface area contributed by atoms with Crippen LogP contribution in [0.3, 0.4) is 0 Å². The molecule has 24 heavy (non-hydrogen) atoms. The van der Waals surface area contributed by atoms with Gasteiger partial charge in [-0.05, 0) is 18.9 Å². The van der Waals surface area contributed by atoms with Crippen LogP contribution in [0.5, 0.6) is 0 Å². The van der Waals surface area contributed by atoms with Gasteiger partial charge in [0, 0.05) is 49.7 Å². The highest BCUT2D eigenvalue weighted by Crippen LogP contribution is 2.21. The largest absolute Gasteiger partial charge is 0.335 e. The van der Waals surface area contributed by atoms with Gasteiger partial charge in [-0.25, -0.2) is 14.5 Å². The summed E-state index contributed by atoms with van der Waals surface area (Å²) in [7, 11) is 0. The predicted octanol–water partition coefficient (Wildman–Crippen LogP) is 0.444. The Morgan fingerprint density at radius 1 is 1.29 bits per heavy atom. The predicted molar refractivity (Wildman–Crippen MR) is 86.2 cm³/mol. The molecule has 3 heterocycles. The van der Waals surface area contributed by atoms with Crippen molar-refractivity contribution in [2.24, 2.45) is 5.92 Å². The van der Waals surface area contributed by atoms with Crippen LogP contribution < -0.4 is 10.9 Å². The van der Waals surface area contributed by atoms with Crippen molar-refractivity contribution in [2.75, 3.05) is 6.54 Å². The number of hydrogen-bond acceptors (Lipinski definition) is 4. The molecule has 1 aliphatic heterocycles. The molecule has 126 valence electrons. The second kappa shape index (κ2) is 6.10. The van der Waals surface area contributed by atoms with Gasteiger partial charge in [-0.15, -0.1) is 0 Å². The molecule has 1 saturated carbocycles. The zero-order valence-electron chi connectivity index (χ0n) is 13.3. The minimum absolute atomic E-state index is 0.0488.